The lowest BCUT2D eigenvalue weighted by atomic mass is 10.1. The second-order valence-corrected chi connectivity index (χ2v) is 6.97. The van der Waals surface area contributed by atoms with Crippen LogP contribution in [0.25, 0.3) is 0 Å². The smallest absolute Gasteiger partial charge is 0.265 e. The monoisotopic (exact) mass is 336 g/mol. The van der Waals surface area contributed by atoms with E-state index in [0.29, 0.717) is 13.1 Å². The van der Waals surface area contributed by atoms with Gasteiger partial charge in [0.25, 0.3) is 5.91 Å². The van der Waals surface area contributed by atoms with Crippen LogP contribution in [0.15, 0.2) is 17.2 Å². The van der Waals surface area contributed by atoms with E-state index in [2.05, 4.69) is 5.32 Å². The van der Waals surface area contributed by atoms with Crippen molar-refractivity contribution in [3.05, 3.63) is 18.0 Å². The van der Waals surface area contributed by atoms with Crippen molar-refractivity contribution in [1.82, 2.24) is 14.2 Å². The summed E-state index contributed by atoms with van der Waals surface area (Å²) in [6.07, 6.45) is 3.21. The van der Waals surface area contributed by atoms with Crippen molar-refractivity contribution in [2.75, 3.05) is 20.1 Å². The van der Waals surface area contributed by atoms with Crippen LogP contribution in [-0.4, -0.2) is 49.4 Å². The molecule has 0 bridgehead atoms. The van der Waals surface area contributed by atoms with Gasteiger partial charge in [0, 0.05) is 32.4 Å². The molecule has 7 nitrogen and oxygen atoms in total. The van der Waals surface area contributed by atoms with E-state index in [0.717, 1.165) is 12.8 Å². The fourth-order valence-corrected chi connectivity index (χ4v) is 4.06. The molecule has 2 heterocycles. The number of carbonyl (C=O) groups is 1. The first kappa shape index (κ1) is 18.0. The Labute approximate surface area is 130 Å². The van der Waals surface area contributed by atoms with E-state index in [1.54, 1.807) is 7.05 Å². The van der Waals surface area contributed by atoms with Gasteiger partial charge in [0.2, 0.25) is 10.0 Å². The van der Waals surface area contributed by atoms with E-state index in [-0.39, 0.29) is 29.0 Å². The zero-order chi connectivity index (χ0) is 14.9. The highest BCUT2D eigenvalue weighted by Crippen LogP contribution is 2.22. The molecule has 1 aromatic heterocycles. The number of rotatable bonds is 4. The van der Waals surface area contributed by atoms with Gasteiger partial charge in [-0.05, 0) is 26.0 Å². The van der Waals surface area contributed by atoms with Crippen LogP contribution in [0.4, 0.5) is 0 Å². The van der Waals surface area contributed by atoms with Crippen molar-refractivity contribution in [2.45, 2.75) is 23.8 Å². The van der Waals surface area contributed by atoms with E-state index >= 15 is 0 Å². The summed E-state index contributed by atoms with van der Waals surface area (Å²) in [5.41, 5.74) is 5.40. The Morgan fingerprint density at radius 3 is 2.67 bits per heavy atom. The maximum absolute atomic E-state index is 12.6. The molecule has 2 rings (SSSR count). The van der Waals surface area contributed by atoms with Crippen LogP contribution < -0.4 is 11.1 Å². The second kappa shape index (κ2) is 6.78. The number of piperidine rings is 1. The first-order valence-corrected chi connectivity index (χ1v) is 7.94. The highest BCUT2D eigenvalue weighted by molar-refractivity contribution is 7.89. The van der Waals surface area contributed by atoms with E-state index < -0.39 is 15.9 Å². The van der Waals surface area contributed by atoms with Gasteiger partial charge >= 0.3 is 0 Å². The number of nitrogens with one attached hydrogen (secondary N) is 1. The molecule has 0 saturated carbocycles. The highest BCUT2D eigenvalue weighted by atomic mass is 35.5. The number of carbonyl (C=O) groups excluding carboxylic acids is 1. The second-order valence-electron chi connectivity index (χ2n) is 5.03. The molecule has 1 fully saturated rings. The largest absolute Gasteiger partial charge is 0.364 e. The SMILES string of the molecule is CNC1CCCN(S(=O)(=O)c2cc(C(N)=O)n(C)c2)C1.Cl. The van der Waals surface area contributed by atoms with Gasteiger partial charge in [0.05, 0.1) is 0 Å². The van der Waals surface area contributed by atoms with Crippen LogP contribution in [0, 0.1) is 0 Å². The summed E-state index contributed by atoms with van der Waals surface area (Å²) in [5, 5.41) is 3.11. The average Bonchev–Trinajstić information content (AvgIpc) is 2.82. The summed E-state index contributed by atoms with van der Waals surface area (Å²) >= 11 is 0. The molecule has 21 heavy (non-hydrogen) atoms. The van der Waals surface area contributed by atoms with Gasteiger partial charge in [-0.15, -0.1) is 12.4 Å². The number of nitrogens with zero attached hydrogens (tertiary/aromatic N) is 2. The number of primary amides is 1. The normalized spacial score (nSPS) is 20.0. The Morgan fingerprint density at radius 2 is 2.14 bits per heavy atom. The fraction of sp³-hybridized carbons (Fsp3) is 0.583. The van der Waals surface area contributed by atoms with Gasteiger partial charge in [-0.2, -0.15) is 4.31 Å². The topological polar surface area (TPSA) is 97.4 Å². The molecule has 1 saturated heterocycles. The maximum Gasteiger partial charge on any atom is 0.265 e. The first-order valence-electron chi connectivity index (χ1n) is 6.50. The molecule has 3 N–H and O–H groups in total. The number of aromatic nitrogens is 1. The molecule has 1 aromatic rings. The van der Waals surface area contributed by atoms with E-state index in [1.807, 2.05) is 7.05 Å². The molecule has 9 heteroatoms. The molecule has 0 spiro atoms. The van der Waals surface area contributed by atoms with Crippen LogP contribution >= 0.6 is 12.4 Å². The lowest BCUT2D eigenvalue weighted by molar-refractivity contribution is 0.0992. The van der Waals surface area contributed by atoms with E-state index in [4.69, 9.17) is 5.73 Å². The predicted molar refractivity (Wildman–Crippen MR) is 82.0 cm³/mol. The van der Waals surface area contributed by atoms with Crippen molar-refractivity contribution >= 4 is 28.3 Å². The Hall–Kier alpha value is -1.09. The van der Waals surface area contributed by atoms with Crippen molar-refractivity contribution in [2.24, 2.45) is 12.8 Å². The van der Waals surface area contributed by atoms with Gasteiger partial charge in [0.15, 0.2) is 0 Å². The van der Waals surface area contributed by atoms with Crippen LogP contribution in [-0.2, 0) is 17.1 Å². The fourth-order valence-electron chi connectivity index (χ4n) is 2.47. The average molecular weight is 337 g/mol. The number of hydrogen-bond donors (Lipinski definition) is 2. The third-order valence-electron chi connectivity index (χ3n) is 3.66. The summed E-state index contributed by atoms with van der Waals surface area (Å²) in [5.74, 6) is -0.638. The van der Waals surface area contributed by atoms with Crippen molar-refractivity contribution in [1.29, 1.82) is 0 Å². The summed E-state index contributed by atoms with van der Waals surface area (Å²) < 4.78 is 28.0. The molecule has 0 aromatic carbocycles. The van der Waals surface area contributed by atoms with Crippen LogP contribution in [0.5, 0.6) is 0 Å². The molecule has 120 valence electrons. The summed E-state index contributed by atoms with van der Waals surface area (Å²) in [6.45, 7) is 0.945. The maximum atomic E-state index is 12.6. The minimum Gasteiger partial charge on any atom is -0.364 e. The molecule has 1 aliphatic heterocycles. The number of sulfonamides is 1. The Kier molecular flexibility index (Phi) is 5.80. The Balaban J connectivity index is 0.00000220. The zero-order valence-electron chi connectivity index (χ0n) is 12.1. The number of nitrogens with two attached hydrogens (primary N) is 1. The van der Waals surface area contributed by atoms with Gasteiger partial charge < -0.3 is 15.6 Å². The molecular weight excluding hydrogens is 316 g/mol. The highest BCUT2D eigenvalue weighted by Gasteiger charge is 2.31. The Morgan fingerprint density at radius 1 is 1.48 bits per heavy atom. The first-order chi connectivity index (χ1) is 9.36. The molecule has 0 aliphatic carbocycles. The number of aryl methyl sites for hydroxylation is 1. The van der Waals surface area contributed by atoms with E-state index in [1.165, 1.54) is 21.1 Å². The minimum absolute atomic E-state index is 0. The van der Waals surface area contributed by atoms with Crippen molar-refractivity contribution < 1.29 is 13.2 Å². The predicted octanol–water partition coefficient (Wildman–Crippen LogP) is -0.0817. The van der Waals surface area contributed by atoms with Crippen LogP contribution in [0.2, 0.25) is 0 Å². The summed E-state index contributed by atoms with van der Waals surface area (Å²) in [4.78, 5) is 11.3. The zero-order valence-corrected chi connectivity index (χ0v) is 13.7. The molecular formula is C12H21ClN4O3S. The molecule has 1 unspecified atom stereocenters. The molecule has 1 amide bonds. The van der Waals surface area contributed by atoms with E-state index in [9.17, 15) is 13.2 Å². The van der Waals surface area contributed by atoms with Gasteiger partial charge in [-0.1, -0.05) is 0 Å². The van der Waals surface area contributed by atoms with Crippen molar-refractivity contribution in [3.63, 3.8) is 0 Å². The number of amides is 1. The Bertz CT molecular complexity index is 614. The third kappa shape index (κ3) is 3.57. The minimum atomic E-state index is -3.58. The standard InChI is InChI=1S/C12H20N4O3S.ClH/c1-14-9-4-3-5-16(7-9)20(18,19)10-6-11(12(13)17)15(2)8-10;/h6,8-9,14H,3-5,7H2,1-2H3,(H2,13,17);1H. The summed E-state index contributed by atoms with van der Waals surface area (Å²) in [6, 6.07) is 1.50. The lowest BCUT2D eigenvalue weighted by Gasteiger charge is -2.31. The molecule has 1 aliphatic rings. The molecule has 0 radical (unpaired) electrons. The van der Waals surface area contributed by atoms with Crippen molar-refractivity contribution in [3.8, 4) is 0 Å². The number of hydrogen-bond acceptors (Lipinski definition) is 4. The van der Waals surface area contributed by atoms with Crippen LogP contribution in [0.1, 0.15) is 23.3 Å². The lowest BCUT2D eigenvalue weighted by Crippen LogP contribution is -2.46. The van der Waals surface area contributed by atoms with Crippen LogP contribution in [0.3, 0.4) is 0 Å². The quantitative estimate of drug-likeness (QED) is 0.803. The number of likely N-dealkylation sites (N-methyl/N-ethyl adjacent to an activating group) is 1. The van der Waals surface area contributed by atoms with Gasteiger partial charge in [-0.3, -0.25) is 4.79 Å². The number of halogens is 1. The van der Waals surface area contributed by atoms with Gasteiger partial charge in [0.1, 0.15) is 10.6 Å². The molecule has 1 atom stereocenters. The summed E-state index contributed by atoms with van der Waals surface area (Å²) in [7, 11) is -0.145. The van der Waals surface area contributed by atoms with Gasteiger partial charge in [-0.25, -0.2) is 8.42 Å². The third-order valence-corrected chi connectivity index (χ3v) is 5.49.